The highest BCUT2D eigenvalue weighted by molar-refractivity contribution is 5.84. The van der Waals surface area contributed by atoms with Crippen LogP contribution < -0.4 is 10.1 Å². The van der Waals surface area contributed by atoms with Gasteiger partial charge in [0.15, 0.2) is 0 Å². The van der Waals surface area contributed by atoms with E-state index in [1.54, 1.807) is 6.33 Å². The van der Waals surface area contributed by atoms with E-state index in [2.05, 4.69) is 43.1 Å². The number of carbonyl (C=O) groups excluding carboxylic acids is 1. The molecule has 8 nitrogen and oxygen atoms in total. The van der Waals surface area contributed by atoms with Crippen LogP contribution in [0.15, 0.2) is 24.8 Å². The van der Waals surface area contributed by atoms with Gasteiger partial charge in [-0.05, 0) is 33.3 Å². The lowest BCUT2D eigenvalue weighted by Gasteiger charge is -2.22. The number of pyridine rings is 1. The van der Waals surface area contributed by atoms with Crippen molar-refractivity contribution >= 4 is 16.9 Å². The number of hydrogen-bond acceptors (Lipinski definition) is 5. The maximum atomic E-state index is 11.7. The molecule has 1 fully saturated rings. The van der Waals surface area contributed by atoms with E-state index in [1.807, 2.05) is 34.8 Å². The number of ether oxygens (including phenoxy) is 1. The zero-order valence-corrected chi connectivity index (χ0v) is 17.6. The van der Waals surface area contributed by atoms with Crippen LogP contribution in [0, 0.1) is 5.92 Å². The number of imidazole rings is 1. The maximum Gasteiger partial charge on any atom is 0.241 e. The van der Waals surface area contributed by atoms with Gasteiger partial charge in [-0.1, -0.05) is 6.92 Å². The molecule has 0 aromatic carbocycles. The standard InChI is InChI=1S/C21H28N6O2/c1-6-17(13-7-18(28)22-9-13)29-20-19-16(23-12-26(19)5)8-15(25-20)14-10-24-27(11-14)21(2,3)4/h8,10-13,17H,6-7,9H2,1-5H3,(H,22,28). The molecule has 2 unspecified atom stereocenters. The van der Waals surface area contributed by atoms with E-state index in [-0.39, 0.29) is 23.5 Å². The molecule has 8 heteroatoms. The number of nitrogens with zero attached hydrogens (tertiary/aromatic N) is 5. The third-order valence-electron chi connectivity index (χ3n) is 5.43. The largest absolute Gasteiger partial charge is 0.472 e. The van der Waals surface area contributed by atoms with Gasteiger partial charge < -0.3 is 14.6 Å². The SMILES string of the molecule is CCC(Oc1nc(-c2cnn(C(C)(C)C)c2)cc2ncn(C)c12)C1CNC(=O)C1. The minimum Gasteiger partial charge on any atom is -0.472 e. The molecule has 0 aliphatic carbocycles. The van der Waals surface area contributed by atoms with Crippen molar-refractivity contribution in [1.82, 2.24) is 29.6 Å². The van der Waals surface area contributed by atoms with Crippen LogP contribution in [-0.4, -0.2) is 42.9 Å². The molecule has 1 aliphatic rings. The molecular formula is C21H28N6O2. The van der Waals surface area contributed by atoms with E-state index in [1.165, 1.54) is 0 Å². The van der Waals surface area contributed by atoms with Crippen molar-refractivity contribution in [2.24, 2.45) is 13.0 Å². The Morgan fingerprint density at radius 2 is 2.17 bits per heavy atom. The van der Waals surface area contributed by atoms with E-state index in [0.717, 1.165) is 28.7 Å². The average molecular weight is 396 g/mol. The summed E-state index contributed by atoms with van der Waals surface area (Å²) in [4.78, 5) is 21.0. The van der Waals surface area contributed by atoms with Gasteiger partial charge in [0.2, 0.25) is 11.8 Å². The van der Waals surface area contributed by atoms with Crippen LogP contribution in [0.4, 0.5) is 0 Å². The van der Waals surface area contributed by atoms with Crippen molar-refractivity contribution in [1.29, 1.82) is 0 Å². The molecule has 1 aliphatic heterocycles. The van der Waals surface area contributed by atoms with Gasteiger partial charge in [0.25, 0.3) is 0 Å². The zero-order chi connectivity index (χ0) is 20.8. The smallest absolute Gasteiger partial charge is 0.241 e. The van der Waals surface area contributed by atoms with Gasteiger partial charge in [-0.15, -0.1) is 0 Å². The van der Waals surface area contributed by atoms with Gasteiger partial charge in [0, 0.05) is 37.7 Å². The second kappa shape index (κ2) is 7.17. The highest BCUT2D eigenvalue weighted by atomic mass is 16.5. The number of carbonyl (C=O) groups is 1. The molecule has 0 radical (unpaired) electrons. The first-order chi connectivity index (χ1) is 13.8. The summed E-state index contributed by atoms with van der Waals surface area (Å²) in [7, 11) is 1.93. The van der Waals surface area contributed by atoms with E-state index < -0.39 is 0 Å². The third kappa shape index (κ3) is 3.71. The summed E-state index contributed by atoms with van der Waals surface area (Å²) in [5, 5.41) is 7.39. The summed E-state index contributed by atoms with van der Waals surface area (Å²) in [6.07, 6.45) is 6.79. The van der Waals surface area contributed by atoms with Crippen LogP contribution in [0.3, 0.4) is 0 Å². The molecule has 1 saturated heterocycles. The monoisotopic (exact) mass is 396 g/mol. The van der Waals surface area contributed by atoms with Gasteiger partial charge in [-0.2, -0.15) is 5.10 Å². The Morgan fingerprint density at radius 3 is 2.79 bits per heavy atom. The highest BCUT2D eigenvalue weighted by Gasteiger charge is 2.31. The molecular weight excluding hydrogens is 368 g/mol. The topological polar surface area (TPSA) is 86.9 Å². The quantitative estimate of drug-likeness (QED) is 0.717. The molecule has 1 amide bonds. The lowest BCUT2D eigenvalue weighted by molar-refractivity contribution is -0.119. The molecule has 3 aromatic heterocycles. The molecule has 4 rings (SSSR count). The second-order valence-electron chi connectivity index (χ2n) is 8.71. The van der Waals surface area contributed by atoms with Crippen LogP contribution in [0.2, 0.25) is 0 Å². The predicted octanol–water partition coefficient (Wildman–Crippen LogP) is 2.88. The Kier molecular flexibility index (Phi) is 4.80. The molecule has 29 heavy (non-hydrogen) atoms. The number of aryl methyl sites for hydroxylation is 1. The summed E-state index contributed by atoms with van der Waals surface area (Å²) in [6, 6.07) is 1.97. The van der Waals surface area contributed by atoms with Gasteiger partial charge in [-0.3, -0.25) is 9.48 Å². The normalized spacial score (nSPS) is 18.2. The van der Waals surface area contributed by atoms with E-state index in [9.17, 15) is 4.79 Å². The molecule has 4 heterocycles. The van der Waals surface area contributed by atoms with E-state index >= 15 is 0 Å². The first-order valence-corrected chi connectivity index (χ1v) is 10.1. The van der Waals surface area contributed by atoms with Crippen LogP contribution in [0.5, 0.6) is 5.88 Å². The molecule has 3 aromatic rings. The van der Waals surface area contributed by atoms with E-state index in [0.29, 0.717) is 18.8 Å². The van der Waals surface area contributed by atoms with Crippen LogP contribution in [0.1, 0.15) is 40.5 Å². The zero-order valence-electron chi connectivity index (χ0n) is 17.6. The Balaban J connectivity index is 1.73. The fourth-order valence-corrected chi connectivity index (χ4v) is 3.74. The number of amides is 1. The first-order valence-electron chi connectivity index (χ1n) is 10.1. The van der Waals surface area contributed by atoms with Gasteiger partial charge >= 0.3 is 0 Å². The lowest BCUT2D eigenvalue weighted by atomic mass is 9.99. The van der Waals surface area contributed by atoms with Crippen molar-refractivity contribution in [3.63, 3.8) is 0 Å². The molecule has 0 bridgehead atoms. The van der Waals surface area contributed by atoms with Crippen LogP contribution in [-0.2, 0) is 17.4 Å². The number of fused-ring (bicyclic) bond motifs is 1. The van der Waals surface area contributed by atoms with Gasteiger partial charge in [-0.25, -0.2) is 9.97 Å². The van der Waals surface area contributed by atoms with Crippen molar-refractivity contribution in [2.45, 2.75) is 52.2 Å². The Hall–Kier alpha value is -2.90. The number of hydrogen-bond donors (Lipinski definition) is 1. The number of rotatable bonds is 5. The number of nitrogens with one attached hydrogen (secondary N) is 1. The first kappa shape index (κ1) is 19.4. The van der Waals surface area contributed by atoms with Crippen molar-refractivity contribution in [3.8, 4) is 17.1 Å². The third-order valence-corrected chi connectivity index (χ3v) is 5.43. The molecule has 2 atom stereocenters. The number of aromatic nitrogens is 5. The van der Waals surface area contributed by atoms with Crippen molar-refractivity contribution in [2.75, 3.05) is 6.54 Å². The fourth-order valence-electron chi connectivity index (χ4n) is 3.74. The Labute approximate surface area is 170 Å². The molecule has 0 spiro atoms. The summed E-state index contributed by atoms with van der Waals surface area (Å²) in [5.74, 6) is 0.774. The van der Waals surface area contributed by atoms with Crippen LogP contribution >= 0.6 is 0 Å². The Bertz CT molecular complexity index is 1050. The summed E-state index contributed by atoms with van der Waals surface area (Å²) >= 11 is 0. The molecule has 0 saturated carbocycles. The van der Waals surface area contributed by atoms with Gasteiger partial charge in [0.1, 0.15) is 11.6 Å². The second-order valence-corrected chi connectivity index (χ2v) is 8.71. The fraction of sp³-hybridized carbons (Fsp3) is 0.524. The molecule has 1 N–H and O–H groups in total. The summed E-state index contributed by atoms with van der Waals surface area (Å²) in [5.41, 5.74) is 3.27. The minimum atomic E-state index is -0.109. The highest BCUT2D eigenvalue weighted by Crippen LogP contribution is 2.31. The van der Waals surface area contributed by atoms with Gasteiger partial charge in [0.05, 0.1) is 29.3 Å². The summed E-state index contributed by atoms with van der Waals surface area (Å²) < 4.78 is 10.2. The van der Waals surface area contributed by atoms with Crippen LogP contribution in [0.25, 0.3) is 22.3 Å². The summed E-state index contributed by atoms with van der Waals surface area (Å²) in [6.45, 7) is 9.04. The van der Waals surface area contributed by atoms with Crippen molar-refractivity contribution in [3.05, 3.63) is 24.8 Å². The maximum absolute atomic E-state index is 11.7. The predicted molar refractivity (Wildman–Crippen MR) is 111 cm³/mol. The average Bonchev–Trinajstić information content (AvgIpc) is 3.39. The molecule has 154 valence electrons. The van der Waals surface area contributed by atoms with Crippen molar-refractivity contribution < 1.29 is 9.53 Å². The van der Waals surface area contributed by atoms with E-state index in [4.69, 9.17) is 9.72 Å². The minimum absolute atomic E-state index is 0.0824. The Morgan fingerprint density at radius 1 is 1.38 bits per heavy atom. The lowest BCUT2D eigenvalue weighted by Crippen LogP contribution is -2.28.